The number of aromatic nitrogens is 2. The lowest BCUT2D eigenvalue weighted by atomic mass is 10.2. The first kappa shape index (κ1) is 18.3. The zero-order valence-electron chi connectivity index (χ0n) is 16.3. The van der Waals surface area contributed by atoms with Gasteiger partial charge in [-0.1, -0.05) is 36.4 Å². The van der Waals surface area contributed by atoms with Crippen LogP contribution in [0.2, 0.25) is 0 Å². The van der Waals surface area contributed by atoms with E-state index < -0.39 is 5.56 Å². The van der Waals surface area contributed by atoms with E-state index in [1.165, 1.54) is 12.1 Å². The van der Waals surface area contributed by atoms with Crippen molar-refractivity contribution in [3.8, 4) is 0 Å². The molecule has 2 aliphatic rings. The standard InChI is InChI=1S/C23H20N4O3/c28-21-10-9-18(23(30)26-14-12-17-6-2-4-8-20(17)26)24-27(21)15-22(29)25-13-11-16-5-1-3-7-19(16)25/h1-10H,11-15H2. The van der Waals surface area contributed by atoms with Gasteiger partial charge in [0.1, 0.15) is 12.2 Å². The molecule has 0 atom stereocenters. The molecule has 5 rings (SSSR count). The third-order valence-electron chi connectivity index (χ3n) is 5.69. The van der Waals surface area contributed by atoms with Gasteiger partial charge in [0, 0.05) is 30.5 Å². The highest BCUT2D eigenvalue weighted by atomic mass is 16.2. The number of amides is 2. The van der Waals surface area contributed by atoms with E-state index in [2.05, 4.69) is 5.10 Å². The van der Waals surface area contributed by atoms with E-state index in [0.29, 0.717) is 13.1 Å². The summed E-state index contributed by atoms with van der Waals surface area (Å²) in [6.07, 6.45) is 1.57. The minimum atomic E-state index is -0.408. The van der Waals surface area contributed by atoms with Gasteiger partial charge in [-0.15, -0.1) is 0 Å². The van der Waals surface area contributed by atoms with Gasteiger partial charge in [-0.2, -0.15) is 5.10 Å². The zero-order valence-corrected chi connectivity index (χ0v) is 16.3. The molecule has 150 valence electrons. The van der Waals surface area contributed by atoms with Crippen LogP contribution >= 0.6 is 0 Å². The average molecular weight is 400 g/mol. The van der Waals surface area contributed by atoms with Crippen LogP contribution in [0.1, 0.15) is 21.6 Å². The highest BCUT2D eigenvalue weighted by molar-refractivity contribution is 6.06. The van der Waals surface area contributed by atoms with Crippen molar-refractivity contribution in [3.63, 3.8) is 0 Å². The second-order valence-corrected chi connectivity index (χ2v) is 7.47. The minimum Gasteiger partial charge on any atom is -0.310 e. The molecule has 0 unspecified atom stereocenters. The summed E-state index contributed by atoms with van der Waals surface area (Å²) < 4.78 is 1.08. The summed E-state index contributed by atoms with van der Waals surface area (Å²) in [5, 5.41) is 4.22. The SMILES string of the molecule is O=C(Cn1nc(C(=O)N2CCc3ccccc32)ccc1=O)N1CCc2ccccc21. The second kappa shape index (κ2) is 7.26. The second-order valence-electron chi connectivity index (χ2n) is 7.47. The molecular weight excluding hydrogens is 380 g/mol. The predicted molar refractivity (Wildman–Crippen MR) is 113 cm³/mol. The number of hydrogen-bond donors (Lipinski definition) is 0. The maximum absolute atomic E-state index is 13.0. The maximum Gasteiger partial charge on any atom is 0.278 e. The van der Waals surface area contributed by atoms with Crippen LogP contribution < -0.4 is 15.4 Å². The number of anilines is 2. The van der Waals surface area contributed by atoms with Crippen molar-refractivity contribution in [1.82, 2.24) is 9.78 Å². The van der Waals surface area contributed by atoms with Crippen molar-refractivity contribution < 1.29 is 9.59 Å². The van der Waals surface area contributed by atoms with E-state index in [1.54, 1.807) is 9.80 Å². The van der Waals surface area contributed by atoms with E-state index in [9.17, 15) is 14.4 Å². The summed E-state index contributed by atoms with van der Waals surface area (Å²) in [6, 6.07) is 18.2. The summed E-state index contributed by atoms with van der Waals surface area (Å²) >= 11 is 0. The first-order valence-corrected chi connectivity index (χ1v) is 9.98. The zero-order chi connectivity index (χ0) is 20.7. The number of hydrogen-bond acceptors (Lipinski definition) is 4. The molecule has 30 heavy (non-hydrogen) atoms. The highest BCUT2D eigenvalue weighted by Gasteiger charge is 2.28. The van der Waals surface area contributed by atoms with Gasteiger partial charge < -0.3 is 9.80 Å². The van der Waals surface area contributed by atoms with Crippen LogP contribution in [0.3, 0.4) is 0 Å². The van der Waals surface area contributed by atoms with E-state index in [4.69, 9.17) is 0 Å². The Morgan fingerprint density at radius 3 is 2.10 bits per heavy atom. The number of benzene rings is 2. The molecule has 3 aromatic rings. The van der Waals surface area contributed by atoms with Crippen molar-refractivity contribution in [3.05, 3.63) is 87.8 Å². The Kier molecular flexibility index (Phi) is 4.43. The Morgan fingerprint density at radius 2 is 1.40 bits per heavy atom. The highest BCUT2D eigenvalue weighted by Crippen LogP contribution is 2.29. The van der Waals surface area contributed by atoms with Crippen molar-refractivity contribution in [2.45, 2.75) is 19.4 Å². The molecule has 2 aliphatic heterocycles. The largest absolute Gasteiger partial charge is 0.310 e. The molecule has 0 N–H and O–H groups in total. The predicted octanol–water partition coefficient (Wildman–Crippen LogP) is 2.04. The van der Waals surface area contributed by atoms with Crippen LogP contribution in [-0.2, 0) is 24.2 Å². The third kappa shape index (κ3) is 3.08. The monoisotopic (exact) mass is 400 g/mol. The molecule has 0 spiro atoms. The van der Waals surface area contributed by atoms with Crippen LogP contribution in [0.25, 0.3) is 0 Å². The van der Waals surface area contributed by atoms with Crippen molar-refractivity contribution >= 4 is 23.2 Å². The Labute approximate surface area is 173 Å². The first-order chi connectivity index (χ1) is 14.6. The third-order valence-corrected chi connectivity index (χ3v) is 5.69. The molecule has 2 amide bonds. The molecule has 0 saturated carbocycles. The fourth-order valence-corrected chi connectivity index (χ4v) is 4.17. The Balaban J connectivity index is 1.39. The van der Waals surface area contributed by atoms with Gasteiger partial charge >= 0.3 is 0 Å². The first-order valence-electron chi connectivity index (χ1n) is 9.98. The van der Waals surface area contributed by atoms with Gasteiger partial charge in [0.25, 0.3) is 11.5 Å². The van der Waals surface area contributed by atoms with E-state index >= 15 is 0 Å². The van der Waals surface area contributed by atoms with Crippen LogP contribution in [0.4, 0.5) is 11.4 Å². The van der Waals surface area contributed by atoms with Crippen LogP contribution in [-0.4, -0.2) is 34.7 Å². The number of carbonyl (C=O) groups is 2. The summed E-state index contributed by atoms with van der Waals surface area (Å²) in [6.45, 7) is 0.948. The van der Waals surface area contributed by atoms with E-state index in [-0.39, 0.29) is 24.1 Å². The molecule has 0 saturated heterocycles. The number of nitrogens with zero attached hydrogens (tertiary/aromatic N) is 4. The Bertz CT molecular complexity index is 1220. The summed E-state index contributed by atoms with van der Waals surface area (Å²) in [7, 11) is 0. The normalized spacial score (nSPS) is 14.5. The lowest BCUT2D eigenvalue weighted by Crippen LogP contribution is -2.38. The van der Waals surface area contributed by atoms with Crippen molar-refractivity contribution in [1.29, 1.82) is 0 Å². The Morgan fingerprint density at radius 1 is 0.800 bits per heavy atom. The fraction of sp³-hybridized carbons (Fsp3) is 0.217. The lowest BCUT2D eigenvalue weighted by molar-refractivity contribution is -0.119. The van der Waals surface area contributed by atoms with E-state index in [0.717, 1.165) is 40.0 Å². The van der Waals surface area contributed by atoms with Crippen LogP contribution in [0.5, 0.6) is 0 Å². The lowest BCUT2D eigenvalue weighted by Gasteiger charge is -2.19. The summed E-state index contributed by atoms with van der Waals surface area (Å²) in [4.78, 5) is 41.6. The average Bonchev–Trinajstić information content (AvgIpc) is 3.39. The number of carbonyl (C=O) groups excluding carboxylic acids is 2. The topological polar surface area (TPSA) is 75.5 Å². The van der Waals surface area contributed by atoms with Gasteiger partial charge in [0.15, 0.2) is 0 Å². The molecule has 0 radical (unpaired) electrons. The molecule has 7 heteroatoms. The Hall–Kier alpha value is -3.74. The smallest absolute Gasteiger partial charge is 0.278 e. The van der Waals surface area contributed by atoms with Crippen LogP contribution in [0.15, 0.2) is 65.5 Å². The molecule has 3 heterocycles. The number of rotatable bonds is 3. The summed E-state index contributed by atoms with van der Waals surface area (Å²) in [5.41, 5.74) is 3.71. The van der Waals surface area contributed by atoms with Crippen molar-refractivity contribution in [2.24, 2.45) is 0 Å². The van der Waals surface area contributed by atoms with Gasteiger partial charge in [-0.25, -0.2) is 4.68 Å². The fourth-order valence-electron chi connectivity index (χ4n) is 4.17. The molecule has 0 fully saturated rings. The quantitative estimate of drug-likeness (QED) is 0.674. The molecule has 2 aromatic carbocycles. The van der Waals surface area contributed by atoms with Crippen LogP contribution in [0, 0.1) is 0 Å². The minimum absolute atomic E-state index is 0.154. The molecule has 0 aliphatic carbocycles. The van der Waals surface area contributed by atoms with Gasteiger partial charge in [0.2, 0.25) is 5.91 Å². The molecular formula is C23H20N4O3. The number of fused-ring (bicyclic) bond motifs is 2. The van der Waals surface area contributed by atoms with Crippen molar-refractivity contribution in [2.75, 3.05) is 22.9 Å². The summed E-state index contributed by atoms with van der Waals surface area (Å²) in [5.74, 6) is -0.488. The van der Waals surface area contributed by atoms with Gasteiger partial charge in [0.05, 0.1) is 0 Å². The molecule has 7 nitrogen and oxygen atoms in total. The number of para-hydroxylation sites is 2. The molecule has 1 aromatic heterocycles. The van der Waals surface area contributed by atoms with Gasteiger partial charge in [-0.05, 0) is 42.2 Å². The maximum atomic E-state index is 13.0. The van der Waals surface area contributed by atoms with E-state index in [1.807, 2.05) is 48.5 Å². The molecule has 0 bridgehead atoms. The van der Waals surface area contributed by atoms with Gasteiger partial charge in [-0.3, -0.25) is 14.4 Å².